The third-order valence-electron chi connectivity index (χ3n) is 3.17. The van der Waals surface area contributed by atoms with Gasteiger partial charge in [-0.05, 0) is 13.8 Å². The molecule has 1 aromatic heterocycles. The molecule has 1 unspecified atom stereocenters. The second-order valence-corrected chi connectivity index (χ2v) is 6.22. The number of anilines is 1. The predicted molar refractivity (Wildman–Crippen MR) is 76.5 cm³/mol. The zero-order chi connectivity index (χ0) is 13.1. The molecule has 102 valence electrons. The quantitative estimate of drug-likeness (QED) is 0.909. The van der Waals surface area contributed by atoms with Crippen LogP contribution in [0.1, 0.15) is 31.3 Å². The van der Waals surface area contributed by atoms with Crippen molar-refractivity contribution in [3.8, 4) is 0 Å². The summed E-state index contributed by atoms with van der Waals surface area (Å²) in [5.41, 5.74) is 1.15. The highest BCUT2D eigenvalue weighted by molar-refractivity contribution is 7.15. The lowest BCUT2D eigenvalue weighted by atomic mass is 10.3. The van der Waals surface area contributed by atoms with Crippen molar-refractivity contribution < 1.29 is 4.74 Å². The minimum Gasteiger partial charge on any atom is -0.377 e. The highest BCUT2D eigenvalue weighted by Gasteiger charge is 2.22. The van der Waals surface area contributed by atoms with E-state index in [-0.39, 0.29) is 0 Å². The molecule has 1 aromatic rings. The molecule has 0 saturated carbocycles. The summed E-state index contributed by atoms with van der Waals surface area (Å²) in [5, 5.41) is 4.60. The molecule has 0 amide bonds. The van der Waals surface area contributed by atoms with Gasteiger partial charge in [-0.3, -0.25) is 0 Å². The fraction of sp³-hybridized carbons (Fsp3) is 0.769. The average Bonchev–Trinajstić information content (AvgIpc) is 2.68. The number of thiazole rings is 1. The van der Waals surface area contributed by atoms with E-state index in [1.165, 1.54) is 4.88 Å². The topological polar surface area (TPSA) is 37.4 Å². The maximum atomic E-state index is 5.47. The van der Waals surface area contributed by atoms with Crippen LogP contribution in [-0.4, -0.2) is 36.8 Å². The molecular weight excluding hydrogens is 246 g/mol. The number of ether oxygens (including phenoxy) is 1. The first-order valence-corrected chi connectivity index (χ1v) is 7.43. The summed E-state index contributed by atoms with van der Waals surface area (Å²) < 4.78 is 5.47. The number of nitrogens with zero attached hydrogens (tertiary/aromatic N) is 2. The van der Waals surface area contributed by atoms with Gasteiger partial charge in [0.05, 0.1) is 24.9 Å². The van der Waals surface area contributed by atoms with E-state index in [0.717, 1.165) is 37.1 Å². The molecule has 0 aromatic carbocycles. The van der Waals surface area contributed by atoms with Crippen molar-refractivity contribution >= 4 is 16.5 Å². The Morgan fingerprint density at radius 3 is 3.00 bits per heavy atom. The van der Waals surface area contributed by atoms with Crippen molar-refractivity contribution in [1.82, 2.24) is 10.3 Å². The Morgan fingerprint density at radius 1 is 1.56 bits per heavy atom. The molecule has 2 heterocycles. The molecule has 1 N–H and O–H groups in total. The number of nitrogens with one attached hydrogen (secondary N) is 1. The zero-order valence-corrected chi connectivity index (χ0v) is 12.5. The summed E-state index contributed by atoms with van der Waals surface area (Å²) in [6.45, 7) is 12.1. The fourth-order valence-electron chi connectivity index (χ4n) is 2.01. The van der Waals surface area contributed by atoms with Crippen molar-refractivity contribution in [2.75, 3.05) is 24.7 Å². The van der Waals surface area contributed by atoms with Crippen LogP contribution in [0.2, 0.25) is 0 Å². The predicted octanol–water partition coefficient (Wildman–Crippen LogP) is 2.17. The molecule has 1 aliphatic heterocycles. The van der Waals surface area contributed by atoms with Crippen LogP contribution in [0.15, 0.2) is 0 Å². The van der Waals surface area contributed by atoms with Crippen LogP contribution in [0, 0.1) is 6.92 Å². The summed E-state index contributed by atoms with van der Waals surface area (Å²) in [4.78, 5) is 8.42. The summed E-state index contributed by atoms with van der Waals surface area (Å²) in [5.74, 6) is 0. The Kier molecular flexibility index (Phi) is 4.59. The lowest BCUT2D eigenvalue weighted by Crippen LogP contribution is -2.43. The smallest absolute Gasteiger partial charge is 0.186 e. The number of aromatic nitrogens is 1. The Bertz CT molecular complexity index is 392. The molecule has 0 aliphatic carbocycles. The van der Waals surface area contributed by atoms with Gasteiger partial charge in [-0.2, -0.15) is 0 Å². The summed E-state index contributed by atoms with van der Waals surface area (Å²) >= 11 is 1.81. The van der Waals surface area contributed by atoms with Crippen LogP contribution >= 0.6 is 11.3 Å². The van der Waals surface area contributed by atoms with Gasteiger partial charge in [0.25, 0.3) is 0 Å². The third-order valence-corrected chi connectivity index (χ3v) is 4.36. The molecule has 1 saturated heterocycles. The molecule has 0 bridgehead atoms. The lowest BCUT2D eigenvalue weighted by molar-refractivity contribution is 0.0989. The van der Waals surface area contributed by atoms with Crippen LogP contribution < -0.4 is 10.2 Å². The minimum atomic E-state index is 0.426. The minimum absolute atomic E-state index is 0.426. The number of aryl methyl sites for hydroxylation is 1. The standard InChI is InChI=1S/C13H23N3OS/c1-9(2)14-7-12-11(4)15-13(18-12)16-5-6-17-8-10(16)3/h9-10,14H,5-8H2,1-4H3. The van der Waals surface area contributed by atoms with Crippen molar-refractivity contribution in [2.24, 2.45) is 0 Å². The van der Waals surface area contributed by atoms with E-state index in [9.17, 15) is 0 Å². The van der Waals surface area contributed by atoms with E-state index in [2.05, 4.69) is 37.9 Å². The molecule has 1 atom stereocenters. The Hall–Kier alpha value is -0.650. The van der Waals surface area contributed by atoms with E-state index in [4.69, 9.17) is 9.72 Å². The van der Waals surface area contributed by atoms with Crippen molar-refractivity contribution in [3.63, 3.8) is 0 Å². The molecule has 18 heavy (non-hydrogen) atoms. The molecular formula is C13H23N3OS. The van der Waals surface area contributed by atoms with E-state index in [1.54, 1.807) is 0 Å². The van der Waals surface area contributed by atoms with Gasteiger partial charge in [-0.1, -0.05) is 13.8 Å². The number of hydrogen-bond donors (Lipinski definition) is 1. The van der Waals surface area contributed by atoms with Gasteiger partial charge in [0.1, 0.15) is 0 Å². The van der Waals surface area contributed by atoms with Crippen LogP contribution in [0.5, 0.6) is 0 Å². The van der Waals surface area contributed by atoms with Gasteiger partial charge in [0.15, 0.2) is 5.13 Å². The number of rotatable bonds is 4. The van der Waals surface area contributed by atoms with E-state index in [0.29, 0.717) is 12.1 Å². The summed E-state index contributed by atoms with van der Waals surface area (Å²) in [7, 11) is 0. The van der Waals surface area contributed by atoms with E-state index >= 15 is 0 Å². The van der Waals surface area contributed by atoms with Gasteiger partial charge in [-0.25, -0.2) is 4.98 Å². The van der Waals surface area contributed by atoms with Gasteiger partial charge in [-0.15, -0.1) is 11.3 Å². The van der Waals surface area contributed by atoms with E-state index in [1.807, 2.05) is 11.3 Å². The van der Waals surface area contributed by atoms with E-state index < -0.39 is 0 Å². The monoisotopic (exact) mass is 269 g/mol. The zero-order valence-electron chi connectivity index (χ0n) is 11.7. The van der Waals surface area contributed by atoms with Gasteiger partial charge < -0.3 is 15.0 Å². The second kappa shape index (κ2) is 5.99. The first-order valence-electron chi connectivity index (χ1n) is 6.62. The first kappa shape index (κ1) is 13.8. The second-order valence-electron chi connectivity index (χ2n) is 5.16. The fourth-order valence-corrected chi connectivity index (χ4v) is 3.15. The van der Waals surface area contributed by atoms with Gasteiger partial charge in [0.2, 0.25) is 0 Å². The van der Waals surface area contributed by atoms with Gasteiger partial charge >= 0.3 is 0 Å². The first-order chi connectivity index (χ1) is 8.58. The molecule has 5 heteroatoms. The summed E-state index contributed by atoms with van der Waals surface area (Å²) in [6, 6.07) is 0.937. The lowest BCUT2D eigenvalue weighted by Gasteiger charge is -2.32. The molecule has 4 nitrogen and oxygen atoms in total. The average molecular weight is 269 g/mol. The van der Waals surface area contributed by atoms with Crippen LogP contribution in [0.3, 0.4) is 0 Å². The SMILES string of the molecule is Cc1nc(N2CCOCC2C)sc1CNC(C)C. The van der Waals surface area contributed by atoms with Crippen LogP contribution in [-0.2, 0) is 11.3 Å². The van der Waals surface area contributed by atoms with Crippen molar-refractivity contribution in [2.45, 2.75) is 46.3 Å². The number of morpholine rings is 1. The van der Waals surface area contributed by atoms with Crippen LogP contribution in [0.4, 0.5) is 5.13 Å². The Morgan fingerprint density at radius 2 is 2.33 bits per heavy atom. The maximum absolute atomic E-state index is 5.47. The Labute approximate surface area is 113 Å². The Balaban J connectivity index is 2.07. The molecule has 0 spiro atoms. The number of hydrogen-bond acceptors (Lipinski definition) is 5. The molecule has 0 radical (unpaired) electrons. The summed E-state index contributed by atoms with van der Waals surface area (Å²) in [6.07, 6.45) is 0. The molecule has 1 fully saturated rings. The highest BCUT2D eigenvalue weighted by atomic mass is 32.1. The highest BCUT2D eigenvalue weighted by Crippen LogP contribution is 2.28. The van der Waals surface area contributed by atoms with Gasteiger partial charge in [0, 0.05) is 24.0 Å². The third kappa shape index (κ3) is 3.22. The largest absolute Gasteiger partial charge is 0.377 e. The maximum Gasteiger partial charge on any atom is 0.186 e. The molecule has 1 aliphatic rings. The normalized spacial score (nSPS) is 20.7. The molecule has 2 rings (SSSR count). The van der Waals surface area contributed by atoms with Crippen molar-refractivity contribution in [3.05, 3.63) is 10.6 Å². The van der Waals surface area contributed by atoms with Crippen LogP contribution in [0.25, 0.3) is 0 Å². The van der Waals surface area contributed by atoms with Crippen molar-refractivity contribution in [1.29, 1.82) is 0 Å².